The highest BCUT2D eigenvalue weighted by Gasteiger charge is 1.83. The van der Waals surface area contributed by atoms with Gasteiger partial charge in [0.15, 0.2) is 0 Å². The summed E-state index contributed by atoms with van der Waals surface area (Å²) in [5, 5.41) is 9.00. The minimum absolute atomic E-state index is 0. The van der Waals surface area contributed by atoms with Crippen LogP contribution in [0.3, 0.4) is 0 Å². The molecular formula is C15H37N7S3. The molecule has 150 valence electrons. The summed E-state index contributed by atoms with van der Waals surface area (Å²) < 4.78 is 0. The molecule has 0 amide bonds. The number of aliphatic imine (C=N–C) groups is 1. The SMILES string of the molecule is C/C=C(/CN)SC.CCC(=N)CN.CCC(=S)CN.CN=C=S.N=N.[HH]. The van der Waals surface area contributed by atoms with Gasteiger partial charge in [0.2, 0.25) is 0 Å². The lowest BCUT2D eigenvalue weighted by molar-refractivity contribution is 1.05. The Hall–Kier alpha value is -0.870. The Morgan fingerprint density at radius 1 is 1.16 bits per heavy atom. The molecule has 0 unspecified atom stereocenters. The average Bonchev–Trinajstić information content (AvgIpc) is 2.70. The van der Waals surface area contributed by atoms with Crippen molar-refractivity contribution in [1.82, 2.24) is 0 Å². The Bertz CT molecular complexity index is 340. The van der Waals surface area contributed by atoms with Crippen LogP contribution in [0.5, 0.6) is 0 Å². The van der Waals surface area contributed by atoms with Crippen molar-refractivity contribution >= 4 is 51.9 Å². The third-order valence-electron chi connectivity index (χ3n) is 2.17. The van der Waals surface area contributed by atoms with Gasteiger partial charge in [0, 0.05) is 38.7 Å². The van der Waals surface area contributed by atoms with Crippen molar-refractivity contribution in [2.45, 2.75) is 33.6 Å². The van der Waals surface area contributed by atoms with E-state index in [1.807, 2.05) is 33.1 Å². The van der Waals surface area contributed by atoms with Crippen LogP contribution in [-0.4, -0.2) is 48.7 Å². The fourth-order valence-corrected chi connectivity index (χ4v) is 1.01. The lowest BCUT2D eigenvalue weighted by Crippen LogP contribution is -2.10. The molecule has 0 atom stereocenters. The highest BCUT2D eigenvalue weighted by atomic mass is 32.2. The van der Waals surface area contributed by atoms with Crippen LogP contribution in [-0.2, 0) is 0 Å². The van der Waals surface area contributed by atoms with Crippen LogP contribution in [0.15, 0.2) is 16.0 Å². The molecule has 0 saturated carbocycles. The van der Waals surface area contributed by atoms with E-state index < -0.39 is 0 Å². The number of hydrogen-bond acceptors (Lipinski definition) is 10. The Kier molecular flexibility index (Phi) is 54.5. The van der Waals surface area contributed by atoms with Gasteiger partial charge >= 0.3 is 0 Å². The van der Waals surface area contributed by atoms with E-state index in [4.69, 9.17) is 45.9 Å². The number of rotatable bonds is 6. The summed E-state index contributed by atoms with van der Waals surface area (Å²) in [6.07, 6.45) is 5.79. The fraction of sp³-hybridized carbons (Fsp3) is 0.667. The summed E-state index contributed by atoms with van der Waals surface area (Å²) in [6, 6.07) is 0. The van der Waals surface area contributed by atoms with E-state index in [-0.39, 0.29) is 1.43 Å². The molecule has 25 heavy (non-hydrogen) atoms. The fourth-order valence-electron chi connectivity index (χ4n) is 0.608. The molecule has 0 rings (SSSR count). The summed E-state index contributed by atoms with van der Waals surface area (Å²) >= 11 is 10.6. The maximum absolute atomic E-state index is 6.86. The second-order valence-electron chi connectivity index (χ2n) is 3.74. The molecule has 0 fully saturated rings. The van der Waals surface area contributed by atoms with E-state index in [0.717, 1.165) is 17.7 Å². The van der Waals surface area contributed by atoms with Crippen molar-refractivity contribution in [3.05, 3.63) is 11.0 Å². The number of nitrogens with two attached hydrogens (primary N) is 3. The maximum atomic E-state index is 6.86. The molecule has 0 aliphatic heterocycles. The third kappa shape index (κ3) is 51.7. The molecule has 0 aromatic rings. The molecule has 0 heterocycles. The minimum atomic E-state index is 0. The van der Waals surface area contributed by atoms with Gasteiger partial charge in [-0.15, -0.1) is 11.8 Å². The van der Waals surface area contributed by atoms with Gasteiger partial charge in [-0.05, 0) is 43.1 Å². The molecule has 0 saturated heterocycles. The molecular weight excluding hydrogens is 374 g/mol. The molecule has 0 aliphatic carbocycles. The van der Waals surface area contributed by atoms with Gasteiger partial charge in [0.1, 0.15) is 0 Å². The van der Waals surface area contributed by atoms with E-state index in [1.54, 1.807) is 18.8 Å². The molecule has 0 aromatic heterocycles. The van der Waals surface area contributed by atoms with Crippen molar-refractivity contribution in [2.24, 2.45) is 22.2 Å². The Morgan fingerprint density at radius 3 is 1.60 bits per heavy atom. The quantitative estimate of drug-likeness (QED) is 0.221. The first-order valence-corrected chi connectivity index (χ1v) is 9.51. The smallest absolute Gasteiger partial charge is 0.0582 e. The Balaban J connectivity index is -0.0000000497. The Morgan fingerprint density at radius 2 is 1.60 bits per heavy atom. The normalized spacial score (nSPS) is 8.24. The van der Waals surface area contributed by atoms with E-state index in [1.165, 1.54) is 4.91 Å². The zero-order chi connectivity index (χ0) is 21.1. The molecule has 0 aliphatic rings. The summed E-state index contributed by atoms with van der Waals surface area (Å²) in [5.41, 5.74) is 26.1. The van der Waals surface area contributed by atoms with Crippen molar-refractivity contribution in [3.63, 3.8) is 0 Å². The predicted molar refractivity (Wildman–Crippen MR) is 124 cm³/mol. The van der Waals surface area contributed by atoms with Gasteiger partial charge < -0.3 is 22.6 Å². The summed E-state index contributed by atoms with van der Waals surface area (Å²) in [5.74, 6) is 0. The van der Waals surface area contributed by atoms with Gasteiger partial charge in [-0.1, -0.05) is 32.1 Å². The van der Waals surface area contributed by atoms with Crippen LogP contribution < -0.4 is 17.2 Å². The lowest BCUT2D eigenvalue weighted by atomic mass is 10.3. The van der Waals surface area contributed by atoms with E-state index in [0.29, 0.717) is 25.3 Å². The minimum Gasteiger partial charge on any atom is -0.326 e. The van der Waals surface area contributed by atoms with Crippen LogP contribution >= 0.6 is 36.2 Å². The van der Waals surface area contributed by atoms with Crippen molar-refractivity contribution in [2.75, 3.05) is 32.9 Å². The Labute approximate surface area is 169 Å². The molecule has 0 aromatic carbocycles. The molecule has 7 nitrogen and oxygen atoms in total. The molecule has 0 radical (unpaired) electrons. The number of thioether (sulfide) groups is 1. The van der Waals surface area contributed by atoms with E-state index in [2.05, 4.69) is 22.4 Å². The van der Waals surface area contributed by atoms with Crippen LogP contribution in [0.2, 0.25) is 0 Å². The monoisotopic (exact) mass is 411 g/mol. The first kappa shape index (κ1) is 35.3. The van der Waals surface area contributed by atoms with Crippen molar-refractivity contribution in [3.8, 4) is 0 Å². The average molecular weight is 412 g/mol. The molecule has 10 heteroatoms. The van der Waals surface area contributed by atoms with Crippen molar-refractivity contribution in [1.29, 1.82) is 16.5 Å². The molecule has 0 bridgehead atoms. The van der Waals surface area contributed by atoms with Gasteiger partial charge in [0.25, 0.3) is 0 Å². The highest BCUT2D eigenvalue weighted by molar-refractivity contribution is 8.02. The molecule has 9 N–H and O–H groups in total. The summed E-state index contributed by atoms with van der Waals surface area (Å²) in [6.45, 7) is 7.59. The zero-order valence-corrected chi connectivity index (χ0v) is 18.5. The number of allylic oxidation sites excluding steroid dienone is 1. The summed E-state index contributed by atoms with van der Waals surface area (Å²) in [7, 11) is 1.59. The number of nitrogens with one attached hydrogen (secondary N) is 3. The first-order valence-electron chi connectivity index (χ1n) is 7.46. The van der Waals surface area contributed by atoms with Crippen LogP contribution in [0.1, 0.15) is 35.0 Å². The number of thiocarbonyl (C=S) groups is 2. The molecule has 0 spiro atoms. The predicted octanol–water partition coefficient (Wildman–Crippen LogP) is 3.87. The number of nitrogens with zero attached hydrogens (tertiary/aromatic N) is 1. The van der Waals surface area contributed by atoms with Crippen LogP contribution in [0.4, 0.5) is 0 Å². The van der Waals surface area contributed by atoms with Crippen LogP contribution in [0.25, 0.3) is 0 Å². The van der Waals surface area contributed by atoms with Gasteiger partial charge in [-0.2, -0.15) is 0 Å². The van der Waals surface area contributed by atoms with Crippen molar-refractivity contribution < 1.29 is 1.43 Å². The topological polar surface area (TPSA) is 162 Å². The second kappa shape index (κ2) is 38.6. The first-order chi connectivity index (χ1) is 11.9. The second-order valence-corrected chi connectivity index (χ2v) is 5.43. The van der Waals surface area contributed by atoms with E-state index >= 15 is 0 Å². The van der Waals surface area contributed by atoms with Crippen LogP contribution in [0, 0.1) is 16.5 Å². The standard InChI is InChI=1S/C5H11NS.C4H10N2.C4H9NS.C2H3NS.H2N2.H2/c1-3-5(4-6)7-2;2*1-2-4(6)3-5;1-3-2-4;1-2;/h3H,4,6H2,1-2H3;6H,2-3,5H2,1H3;2-3,5H2,1H3;1H3;1-2H;1H/b5-3-;;;;;. The zero-order valence-electron chi connectivity index (χ0n) is 16.0. The number of isothiocyanates is 1. The highest BCUT2D eigenvalue weighted by Crippen LogP contribution is 2.06. The lowest BCUT2D eigenvalue weighted by Gasteiger charge is -1.93. The van der Waals surface area contributed by atoms with Gasteiger partial charge in [-0.3, -0.25) is 0 Å². The number of hydrogen-bond donors (Lipinski definition) is 6. The van der Waals surface area contributed by atoms with Gasteiger partial charge in [-0.25, -0.2) is 16.1 Å². The summed E-state index contributed by atoms with van der Waals surface area (Å²) in [4.78, 5) is 5.50. The third-order valence-corrected chi connectivity index (χ3v) is 3.74. The van der Waals surface area contributed by atoms with E-state index in [9.17, 15) is 0 Å². The largest absolute Gasteiger partial charge is 0.326 e. The maximum Gasteiger partial charge on any atom is 0.0582 e. The van der Waals surface area contributed by atoms with Gasteiger partial charge in [0.05, 0.1) is 5.16 Å².